The van der Waals surface area contributed by atoms with E-state index in [4.69, 9.17) is 2.74 Å². The van der Waals surface area contributed by atoms with Crippen molar-refractivity contribution in [2.75, 3.05) is 0 Å². The average Bonchev–Trinajstić information content (AvgIpc) is 1.65. The maximum atomic E-state index is 9.92. The van der Waals surface area contributed by atoms with Crippen molar-refractivity contribution in [3.05, 3.63) is 0 Å². The van der Waals surface area contributed by atoms with E-state index < -0.39 is 12.3 Å². The number of hydrogen-bond acceptors (Lipinski definition) is 2. The largest absolute Gasteiger partial charge is 1.00 e. The Kier molecular flexibility index (Phi) is 6.15. The summed E-state index contributed by atoms with van der Waals surface area (Å²) in [7, 11) is 0. The van der Waals surface area contributed by atoms with Gasteiger partial charge in [0.15, 0.2) is 0 Å². The van der Waals surface area contributed by atoms with Crippen LogP contribution in [0.1, 0.15) is 28.9 Å². The summed E-state index contributed by atoms with van der Waals surface area (Å²) in [5.74, 6) is -1.62. The molecule has 2 nitrogen and oxygen atoms in total. The Morgan fingerprint density at radius 2 is 2.38 bits per heavy atom. The van der Waals surface area contributed by atoms with E-state index in [1.807, 2.05) is 0 Å². The van der Waals surface area contributed by atoms with Gasteiger partial charge in [-0.05, 0) is 12.8 Å². The topological polar surface area (TPSA) is 40.1 Å². The van der Waals surface area contributed by atoms with Crippen molar-refractivity contribution in [1.82, 2.24) is 0 Å². The number of hydrogen-bond donors (Lipinski definition) is 0. The fourth-order valence-corrected chi connectivity index (χ4v) is 0.227. The van der Waals surface area contributed by atoms with Crippen molar-refractivity contribution < 1.29 is 42.2 Å². The molecule has 8 heavy (non-hydrogen) atoms. The summed E-state index contributed by atoms with van der Waals surface area (Å²) in [4.78, 5) is 9.92. The number of carboxylic acid groups (broad SMARTS) is 1. The summed E-state index contributed by atoms with van der Waals surface area (Å²) in [6.07, 6.45) is -1.61. The Morgan fingerprint density at radius 3 is 2.50 bits per heavy atom. The number of carbonyl (C=O) groups is 1. The standard InChI is InChI=1S/C5H10O2.Na/c1-2-3-4-5(6)7;/h2-4H2,1H3,(H,6,7);/q;+1/p-1/i4D2;. The first kappa shape index (κ1) is 6.59. The second kappa shape index (κ2) is 7.47. The van der Waals surface area contributed by atoms with E-state index in [-0.39, 0.29) is 36.0 Å². The molecule has 0 unspecified atom stereocenters. The number of carbonyl (C=O) groups excluding carboxylic acids is 1. The molecular weight excluding hydrogens is 115 g/mol. The van der Waals surface area contributed by atoms with Gasteiger partial charge in [-0.2, -0.15) is 0 Å². The van der Waals surface area contributed by atoms with Crippen LogP contribution < -0.4 is 34.7 Å². The number of rotatable bonds is 3. The van der Waals surface area contributed by atoms with Gasteiger partial charge in [0.2, 0.25) is 0 Å². The van der Waals surface area contributed by atoms with E-state index in [1.165, 1.54) is 0 Å². The zero-order valence-corrected chi connectivity index (χ0v) is 7.23. The monoisotopic (exact) mass is 126 g/mol. The quantitative estimate of drug-likeness (QED) is 0.376. The van der Waals surface area contributed by atoms with E-state index in [9.17, 15) is 9.90 Å². The minimum Gasteiger partial charge on any atom is -0.550 e. The van der Waals surface area contributed by atoms with Crippen molar-refractivity contribution in [3.63, 3.8) is 0 Å². The third-order valence-electron chi connectivity index (χ3n) is 0.519. The van der Waals surface area contributed by atoms with Crippen LogP contribution in [0.15, 0.2) is 0 Å². The number of aliphatic carboxylic acids is 1. The first-order valence-corrected chi connectivity index (χ1v) is 2.22. The second-order valence-corrected chi connectivity index (χ2v) is 1.21. The third kappa shape index (κ3) is 9.69. The van der Waals surface area contributed by atoms with Gasteiger partial charge in [-0.1, -0.05) is 13.3 Å². The molecule has 0 aromatic heterocycles. The normalized spacial score (nSPS) is 13.1. The average molecular weight is 126 g/mol. The van der Waals surface area contributed by atoms with Gasteiger partial charge < -0.3 is 9.90 Å². The molecule has 0 N–H and O–H groups in total. The second-order valence-electron chi connectivity index (χ2n) is 1.21. The van der Waals surface area contributed by atoms with Crippen LogP contribution in [-0.2, 0) is 4.79 Å². The first-order valence-electron chi connectivity index (χ1n) is 3.22. The van der Waals surface area contributed by atoms with Gasteiger partial charge in [0, 0.05) is 8.71 Å². The fourth-order valence-electron chi connectivity index (χ4n) is 0.227. The van der Waals surface area contributed by atoms with E-state index in [1.54, 1.807) is 6.92 Å². The zero-order chi connectivity index (χ0) is 7.49. The molecule has 0 aliphatic carbocycles. The molecule has 3 heteroatoms. The zero-order valence-electron chi connectivity index (χ0n) is 7.23. The summed E-state index contributed by atoms with van der Waals surface area (Å²) in [5.41, 5.74) is 0. The first-order chi connectivity index (χ1) is 4.00. The van der Waals surface area contributed by atoms with E-state index >= 15 is 0 Å². The SMILES string of the molecule is [2H]C([2H])(CCC)C(=O)[O-].[Na+]. The molecule has 0 rings (SSSR count). The maximum Gasteiger partial charge on any atom is 1.00 e. The van der Waals surface area contributed by atoms with Gasteiger partial charge in [-0.3, -0.25) is 0 Å². The molecule has 0 bridgehead atoms. The van der Waals surface area contributed by atoms with Crippen molar-refractivity contribution in [3.8, 4) is 0 Å². The van der Waals surface area contributed by atoms with Gasteiger partial charge in [-0.15, -0.1) is 0 Å². The molecule has 0 radical (unpaired) electrons. The predicted molar refractivity (Wildman–Crippen MR) is 24.5 cm³/mol. The van der Waals surface area contributed by atoms with Crippen LogP contribution in [0.5, 0.6) is 0 Å². The van der Waals surface area contributed by atoms with Gasteiger partial charge in [0.25, 0.3) is 0 Å². The molecule has 0 aromatic carbocycles. The summed E-state index contributed by atoms with van der Waals surface area (Å²) < 4.78 is 13.6. The Bertz CT molecular complexity index is 116. The Hall–Kier alpha value is 0.470. The Balaban J connectivity index is 0. The van der Waals surface area contributed by atoms with Crippen LogP contribution in [0.3, 0.4) is 0 Å². The fraction of sp³-hybridized carbons (Fsp3) is 0.800. The van der Waals surface area contributed by atoms with E-state index in [0.717, 1.165) is 0 Å². The third-order valence-corrected chi connectivity index (χ3v) is 0.519. The molecule has 0 aliphatic heterocycles. The summed E-state index contributed by atoms with van der Waals surface area (Å²) >= 11 is 0. The van der Waals surface area contributed by atoms with Crippen molar-refractivity contribution >= 4 is 5.97 Å². The molecule has 0 fully saturated rings. The van der Waals surface area contributed by atoms with E-state index in [0.29, 0.717) is 6.42 Å². The molecule has 0 heterocycles. The smallest absolute Gasteiger partial charge is 0.550 e. The molecule has 0 atom stereocenters. The minimum absolute atomic E-state index is 0. The summed E-state index contributed by atoms with van der Waals surface area (Å²) in [5, 5.41) is 9.92. The molecular formula is C5H9NaO2. The molecule has 0 amide bonds. The van der Waals surface area contributed by atoms with Crippen molar-refractivity contribution in [2.45, 2.75) is 26.1 Å². The van der Waals surface area contributed by atoms with Gasteiger partial charge in [-0.25, -0.2) is 0 Å². The van der Waals surface area contributed by atoms with Crippen LogP contribution in [-0.4, -0.2) is 5.97 Å². The minimum atomic E-state index is -2.14. The van der Waals surface area contributed by atoms with Gasteiger partial charge in [0.1, 0.15) is 0 Å². The Morgan fingerprint density at radius 1 is 1.88 bits per heavy atom. The molecule has 0 saturated heterocycles. The maximum absolute atomic E-state index is 9.92. The summed E-state index contributed by atoms with van der Waals surface area (Å²) in [6.45, 7) is 1.72. The van der Waals surface area contributed by atoms with Crippen LogP contribution in [0, 0.1) is 0 Å². The van der Waals surface area contributed by atoms with Crippen molar-refractivity contribution in [1.29, 1.82) is 0 Å². The van der Waals surface area contributed by atoms with Gasteiger partial charge >= 0.3 is 29.6 Å². The van der Waals surface area contributed by atoms with Crippen LogP contribution in [0.25, 0.3) is 0 Å². The summed E-state index contributed by atoms with van der Waals surface area (Å²) in [6, 6.07) is 0. The van der Waals surface area contributed by atoms with Crippen LogP contribution in [0.2, 0.25) is 0 Å². The molecule has 0 aliphatic rings. The molecule has 42 valence electrons. The molecule has 0 spiro atoms. The van der Waals surface area contributed by atoms with Crippen LogP contribution in [0.4, 0.5) is 0 Å². The Labute approximate surface area is 74.4 Å². The molecule has 0 saturated carbocycles. The van der Waals surface area contributed by atoms with Gasteiger partial charge in [0.05, 0.1) is 0 Å². The van der Waals surface area contributed by atoms with Crippen molar-refractivity contribution in [2.24, 2.45) is 0 Å². The molecule has 0 aromatic rings. The van der Waals surface area contributed by atoms with Crippen LogP contribution >= 0.6 is 0 Å². The predicted octanol–water partition coefficient (Wildman–Crippen LogP) is -3.07. The number of carboxylic acids is 1. The van der Waals surface area contributed by atoms with E-state index in [2.05, 4.69) is 0 Å².